The summed E-state index contributed by atoms with van der Waals surface area (Å²) < 4.78 is 0.211. The van der Waals surface area contributed by atoms with Crippen LogP contribution in [-0.4, -0.2) is 15.2 Å². The van der Waals surface area contributed by atoms with Crippen LogP contribution in [-0.2, 0) is 0 Å². The van der Waals surface area contributed by atoms with Gasteiger partial charge in [-0.3, -0.25) is 20.6 Å². The molecule has 0 aromatic carbocycles. The van der Waals surface area contributed by atoms with Gasteiger partial charge in [0.15, 0.2) is 0 Å². The molecule has 0 atom stereocenters. The van der Waals surface area contributed by atoms with E-state index in [0.29, 0.717) is 5.56 Å². The highest BCUT2D eigenvalue weighted by molar-refractivity contribution is 8.11. The van der Waals surface area contributed by atoms with Gasteiger partial charge in [0.05, 0.1) is 0 Å². The van der Waals surface area contributed by atoms with Gasteiger partial charge in [0.25, 0.3) is 5.91 Å². The Morgan fingerprint density at radius 2 is 2.00 bits per heavy atom. The molecule has 0 aliphatic heterocycles. The Morgan fingerprint density at radius 1 is 1.38 bits per heavy atom. The summed E-state index contributed by atoms with van der Waals surface area (Å²) in [6, 6.07) is 3.19. The van der Waals surface area contributed by atoms with Crippen molar-refractivity contribution in [3.8, 4) is 0 Å². The topological polar surface area (TPSA) is 54.0 Å². The van der Waals surface area contributed by atoms with E-state index in [1.54, 1.807) is 12.1 Å². The minimum absolute atomic E-state index is 0.211. The summed E-state index contributed by atoms with van der Waals surface area (Å²) in [5, 5.41) is 0. The van der Waals surface area contributed by atoms with E-state index >= 15 is 0 Å². The predicted octanol–water partition coefficient (Wildman–Crippen LogP) is 0.531. The van der Waals surface area contributed by atoms with Crippen molar-refractivity contribution < 1.29 is 4.79 Å². The molecule has 0 aliphatic carbocycles. The van der Waals surface area contributed by atoms with Gasteiger partial charge < -0.3 is 0 Å². The second-order valence-corrected chi connectivity index (χ2v) is 3.28. The maximum atomic E-state index is 11.3. The van der Waals surface area contributed by atoms with Crippen LogP contribution >= 0.6 is 24.8 Å². The summed E-state index contributed by atoms with van der Waals surface area (Å²) in [4.78, 5) is 15.0. The first kappa shape index (κ1) is 9.94. The maximum absolute atomic E-state index is 11.3. The van der Waals surface area contributed by atoms with Crippen molar-refractivity contribution in [1.82, 2.24) is 15.8 Å². The monoisotopic (exact) mass is 213 g/mol. The maximum Gasteiger partial charge on any atom is 0.269 e. The molecule has 0 unspecified atom stereocenters. The van der Waals surface area contributed by atoms with Gasteiger partial charge in [0.2, 0.25) is 0 Å². The summed E-state index contributed by atoms with van der Waals surface area (Å²) in [6.45, 7) is 0. The van der Waals surface area contributed by atoms with Crippen LogP contribution < -0.4 is 10.9 Å². The van der Waals surface area contributed by atoms with Gasteiger partial charge in [-0.1, -0.05) is 12.2 Å². The molecular weight excluding hydrogens is 206 g/mol. The Hall–Kier alpha value is -1.14. The fraction of sp³-hybridized carbons (Fsp3) is 0. The smallest absolute Gasteiger partial charge is 0.269 e. The Labute approximate surface area is 86.1 Å². The lowest BCUT2D eigenvalue weighted by molar-refractivity contribution is 0.0944. The van der Waals surface area contributed by atoms with Crippen molar-refractivity contribution in [3.63, 3.8) is 0 Å². The fourth-order valence-electron chi connectivity index (χ4n) is 0.686. The number of rotatable bonds is 1. The van der Waals surface area contributed by atoms with Crippen LogP contribution in [0.3, 0.4) is 0 Å². The van der Waals surface area contributed by atoms with E-state index in [0.717, 1.165) is 0 Å². The van der Waals surface area contributed by atoms with Crippen molar-refractivity contribution >= 4 is 35.1 Å². The number of nitrogens with zero attached hydrogens (tertiary/aromatic N) is 1. The number of carbonyl (C=O) groups excluding carboxylic acids is 1. The molecule has 1 aromatic heterocycles. The molecule has 0 saturated carbocycles. The first-order valence-electron chi connectivity index (χ1n) is 3.39. The SMILES string of the molecule is O=C(NNC(=S)S)c1ccncc1. The molecule has 68 valence electrons. The number of amides is 1. The van der Waals surface area contributed by atoms with E-state index in [2.05, 4.69) is 40.7 Å². The van der Waals surface area contributed by atoms with Gasteiger partial charge in [-0.2, -0.15) is 0 Å². The number of hydrogen-bond acceptors (Lipinski definition) is 3. The van der Waals surface area contributed by atoms with Crippen molar-refractivity contribution in [2.45, 2.75) is 0 Å². The van der Waals surface area contributed by atoms with Crippen molar-refractivity contribution in [3.05, 3.63) is 30.1 Å². The van der Waals surface area contributed by atoms with E-state index in [4.69, 9.17) is 0 Å². The van der Waals surface area contributed by atoms with E-state index < -0.39 is 0 Å². The van der Waals surface area contributed by atoms with Crippen LogP contribution in [0.1, 0.15) is 10.4 Å². The van der Waals surface area contributed by atoms with E-state index in [1.165, 1.54) is 12.4 Å². The number of pyridine rings is 1. The largest absolute Gasteiger partial charge is 0.283 e. The minimum atomic E-state index is -0.279. The van der Waals surface area contributed by atoms with Crippen LogP contribution in [0.25, 0.3) is 0 Å². The third kappa shape index (κ3) is 3.39. The highest BCUT2D eigenvalue weighted by Gasteiger charge is 2.02. The Kier molecular flexibility index (Phi) is 3.66. The van der Waals surface area contributed by atoms with Crippen LogP contribution in [0.15, 0.2) is 24.5 Å². The lowest BCUT2D eigenvalue weighted by Gasteiger charge is -2.04. The second-order valence-electron chi connectivity index (χ2n) is 2.12. The lowest BCUT2D eigenvalue weighted by atomic mass is 10.3. The zero-order valence-corrected chi connectivity index (χ0v) is 8.23. The highest BCUT2D eigenvalue weighted by atomic mass is 32.1. The summed E-state index contributed by atoms with van der Waals surface area (Å²) in [6.07, 6.45) is 3.07. The molecule has 0 fully saturated rings. The number of nitrogens with one attached hydrogen (secondary N) is 2. The molecular formula is C7H7N3OS2. The molecule has 13 heavy (non-hydrogen) atoms. The summed E-state index contributed by atoms with van der Waals surface area (Å²) >= 11 is 8.37. The number of hydrogen-bond donors (Lipinski definition) is 3. The summed E-state index contributed by atoms with van der Waals surface area (Å²) in [5.74, 6) is -0.279. The first-order valence-corrected chi connectivity index (χ1v) is 4.25. The summed E-state index contributed by atoms with van der Waals surface area (Å²) in [5.41, 5.74) is 5.29. The molecule has 4 nitrogen and oxygen atoms in total. The van der Waals surface area contributed by atoms with Gasteiger partial charge in [0, 0.05) is 18.0 Å². The Balaban J connectivity index is 2.54. The third-order valence-corrected chi connectivity index (χ3v) is 1.44. The number of carbonyl (C=O) groups is 1. The molecule has 6 heteroatoms. The van der Waals surface area contributed by atoms with Gasteiger partial charge in [-0.15, -0.1) is 12.6 Å². The average Bonchev–Trinajstić information content (AvgIpc) is 2.15. The zero-order chi connectivity index (χ0) is 9.68. The molecule has 2 N–H and O–H groups in total. The quantitative estimate of drug-likeness (QED) is 0.362. The van der Waals surface area contributed by atoms with Gasteiger partial charge in [-0.05, 0) is 12.1 Å². The molecule has 1 aromatic rings. The van der Waals surface area contributed by atoms with Gasteiger partial charge >= 0.3 is 0 Å². The number of thiocarbonyl (C=S) groups is 1. The predicted molar refractivity (Wildman–Crippen MR) is 56.4 cm³/mol. The molecule has 0 saturated heterocycles. The Morgan fingerprint density at radius 3 is 2.54 bits per heavy atom. The standard InChI is InChI=1S/C7H7N3OS2/c11-6(9-10-7(12)13)5-1-3-8-4-2-5/h1-4H,(H,9,11)(H2,10,12,13). The molecule has 1 rings (SSSR count). The van der Waals surface area contributed by atoms with E-state index in [1.807, 2.05) is 0 Å². The van der Waals surface area contributed by atoms with Crippen molar-refractivity contribution in [1.29, 1.82) is 0 Å². The van der Waals surface area contributed by atoms with Crippen LogP contribution in [0.4, 0.5) is 0 Å². The van der Waals surface area contributed by atoms with Gasteiger partial charge in [0.1, 0.15) is 4.32 Å². The van der Waals surface area contributed by atoms with Crippen molar-refractivity contribution in [2.75, 3.05) is 0 Å². The van der Waals surface area contributed by atoms with Crippen LogP contribution in [0.5, 0.6) is 0 Å². The molecule has 0 radical (unpaired) electrons. The molecule has 0 bridgehead atoms. The number of aromatic nitrogens is 1. The number of hydrazine groups is 1. The van der Waals surface area contributed by atoms with Crippen LogP contribution in [0, 0.1) is 0 Å². The molecule has 0 aliphatic rings. The summed E-state index contributed by atoms with van der Waals surface area (Å²) in [7, 11) is 0. The zero-order valence-electron chi connectivity index (χ0n) is 6.52. The van der Waals surface area contributed by atoms with E-state index in [9.17, 15) is 4.79 Å². The lowest BCUT2D eigenvalue weighted by Crippen LogP contribution is -2.38. The highest BCUT2D eigenvalue weighted by Crippen LogP contribution is 1.94. The second kappa shape index (κ2) is 4.78. The third-order valence-electron chi connectivity index (χ3n) is 1.23. The first-order chi connectivity index (χ1) is 6.20. The molecule has 1 heterocycles. The normalized spacial score (nSPS) is 9.00. The van der Waals surface area contributed by atoms with E-state index in [-0.39, 0.29) is 10.2 Å². The molecule has 1 amide bonds. The minimum Gasteiger partial charge on any atom is -0.283 e. The van der Waals surface area contributed by atoms with Crippen LogP contribution in [0.2, 0.25) is 0 Å². The Bertz CT molecular complexity index is 315. The van der Waals surface area contributed by atoms with Crippen molar-refractivity contribution in [2.24, 2.45) is 0 Å². The fourth-order valence-corrected chi connectivity index (χ4v) is 0.793. The number of thiol groups is 1. The average molecular weight is 213 g/mol. The van der Waals surface area contributed by atoms with Gasteiger partial charge in [-0.25, -0.2) is 0 Å². The molecule has 0 spiro atoms.